The van der Waals surface area contributed by atoms with Crippen molar-refractivity contribution in [3.63, 3.8) is 0 Å². The third-order valence-corrected chi connectivity index (χ3v) is 1.88. The molecule has 0 radical (unpaired) electrons. The molecule has 1 fully saturated rings. The third kappa shape index (κ3) is 2.41. The van der Waals surface area contributed by atoms with Gasteiger partial charge in [-0.1, -0.05) is 0 Å². The second-order valence-corrected chi connectivity index (χ2v) is 2.74. The van der Waals surface area contributed by atoms with Crippen LogP contribution in [0.2, 0.25) is 0 Å². The Balaban J connectivity index is 2.53. The summed E-state index contributed by atoms with van der Waals surface area (Å²) in [6.07, 6.45) is 0. The van der Waals surface area contributed by atoms with Gasteiger partial charge in [0.2, 0.25) is 5.91 Å². The van der Waals surface area contributed by atoms with E-state index in [0.717, 1.165) is 0 Å². The fourth-order valence-corrected chi connectivity index (χ4v) is 1.18. The van der Waals surface area contributed by atoms with Crippen molar-refractivity contribution in [1.29, 1.82) is 5.26 Å². The first-order valence-electron chi connectivity index (χ1n) is 4.05. The lowest BCUT2D eigenvalue weighted by Gasteiger charge is -2.30. The number of carbonyl (C=O) groups excluding carboxylic acids is 1. The number of amides is 1. The highest BCUT2D eigenvalue weighted by molar-refractivity contribution is 5.78. The molecule has 0 aromatic carbocycles. The van der Waals surface area contributed by atoms with Crippen molar-refractivity contribution in [2.45, 2.75) is 6.04 Å². The summed E-state index contributed by atoms with van der Waals surface area (Å²) in [6.45, 7) is 1.27. The van der Waals surface area contributed by atoms with Crippen LogP contribution in [0.3, 0.4) is 0 Å². The van der Waals surface area contributed by atoms with Gasteiger partial charge in [0.05, 0.1) is 19.3 Å². The highest BCUT2D eigenvalue weighted by Crippen LogP contribution is 2.06. The van der Waals surface area contributed by atoms with Gasteiger partial charge in [0.25, 0.3) is 0 Å². The maximum atomic E-state index is 11.3. The smallest absolute Gasteiger partial charge is 0.249 e. The summed E-state index contributed by atoms with van der Waals surface area (Å²) in [7, 11) is 1.56. The van der Waals surface area contributed by atoms with Crippen molar-refractivity contribution in [3.05, 3.63) is 0 Å². The predicted octanol–water partition coefficient (Wildman–Crippen LogP) is -0.616. The van der Waals surface area contributed by atoms with Crippen LogP contribution in [0.4, 0.5) is 0 Å². The number of ether oxygens (including phenoxy) is 2. The summed E-state index contributed by atoms with van der Waals surface area (Å²) < 4.78 is 9.78. The molecule has 1 heterocycles. The minimum atomic E-state index is -0.462. The molecule has 1 saturated heterocycles. The van der Waals surface area contributed by atoms with Crippen LogP contribution in [0.5, 0.6) is 0 Å². The molecule has 0 aromatic rings. The van der Waals surface area contributed by atoms with Gasteiger partial charge < -0.3 is 14.4 Å². The first-order chi connectivity index (χ1) is 6.29. The minimum absolute atomic E-state index is 0.0713. The lowest BCUT2D eigenvalue weighted by Crippen LogP contribution is -2.49. The van der Waals surface area contributed by atoms with Crippen molar-refractivity contribution in [2.75, 3.05) is 33.5 Å². The molecule has 0 saturated carbocycles. The number of hydrogen-bond acceptors (Lipinski definition) is 4. The lowest BCUT2D eigenvalue weighted by molar-refractivity contribution is -0.146. The van der Waals surface area contributed by atoms with Crippen LogP contribution >= 0.6 is 0 Å². The highest BCUT2D eigenvalue weighted by atomic mass is 16.5. The van der Waals surface area contributed by atoms with E-state index in [2.05, 4.69) is 0 Å². The van der Waals surface area contributed by atoms with E-state index < -0.39 is 6.04 Å². The second-order valence-electron chi connectivity index (χ2n) is 2.74. The monoisotopic (exact) mass is 184 g/mol. The van der Waals surface area contributed by atoms with Crippen molar-refractivity contribution in [1.82, 2.24) is 4.90 Å². The largest absolute Gasteiger partial charge is 0.383 e. The van der Waals surface area contributed by atoms with Crippen LogP contribution in [0, 0.1) is 11.3 Å². The van der Waals surface area contributed by atoms with E-state index in [9.17, 15) is 4.79 Å². The molecule has 5 nitrogen and oxygen atoms in total. The Kier molecular flexibility index (Phi) is 3.68. The van der Waals surface area contributed by atoms with Crippen LogP contribution in [0.1, 0.15) is 0 Å². The Morgan fingerprint density at radius 2 is 2.62 bits per heavy atom. The van der Waals surface area contributed by atoms with E-state index in [0.29, 0.717) is 19.8 Å². The van der Waals surface area contributed by atoms with Crippen LogP contribution in [-0.4, -0.2) is 50.3 Å². The molecule has 1 unspecified atom stereocenters. The van der Waals surface area contributed by atoms with Crippen molar-refractivity contribution in [3.8, 4) is 6.07 Å². The molecule has 0 bridgehead atoms. The highest BCUT2D eigenvalue weighted by Gasteiger charge is 2.27. The molecule has 13 heavy (non-hydrogen) atoms. The maximum absolute atomic E-state index is 11.3. The van der Waals surface area contributed by atoms with Crippen molar-refractivity contribution < 1.29 is 14.3 Å². The van der Waals surface area contributed by atoms with Gasteiger partial charge in [-0.15, -0.1) is 0 Å². The van der Waals surface area contributed by atoms with Gasteiger partial charge in [0.15, 0.2) is 0 Å². The Hall–Kier alpha value is -1.12. The number of nitriles is 1. The Bertz CT molecular complexity index is 224. The number of morpholine rings is 1. The van der Waals surface area contributed by atoms with Gasteiger partial charge >= 0.3 is 0 Å². The molecule has 0 spiro atoms. The molecular formula is C8H12N2O3. The molecule has 1 aliphatic heterocycles. The van der Waals surface area contributed by atoms with Gasteiger partial charge in [0, 0.05) is 13.7 Å². The van der Waals surface area contributed by atoms with E-state index in [-0.39, 0.29) is 12.5 Å². The molecular weight excluding hydrogens is 172 g/mol. The molecule has 72 valence electrons. The molecule has 1 aliphatic rings. The number of methoxy groups -OCH3 is 1. The topological polar surface area (TPSA) is 62.6 Å². The van der Waals surface area contributed by atoms with E-state index in [4.69, 9.17) is 14.7 Å². The zero-order valence-corrected chi connectivity index (χ0v) is 7.52. The fraction of sp³-hybridized carbons (Fsp3) is 0.750. The fourth-order valence-electron chi connectivity index (χ4n) is 1.18. The predicted molar refractivity (Wildman–Crippen MR) is 43.8 cm³/mol. The summed E-state index contributed by atoms with van der Waals surface area (Å²) in [4.78, 5) is 12.8. The van der Waals surface area contributed by atoms with Crippen LogP contribution < -0.4 is 0 Å². The van der Waals surface area contributed by atoms with Gasteiger partial charge in [-0.25, -0.2) is 0 Å². The molecule has 1 amide bonds. The van der Waals surface area contributed by atoms with Gasteiger partial charge in [-0.2, -0.15) is 5.26 Å². The van der Waals surface area contributed by atoms with Crippen molar-refractivity contribution >= 4 is 5.91 Å². The standard InChI is InChI=1S/C8H12N2O3/c1-12-3-2-10-7(4-9)5-13-6-8(10)11/h7H,2-3,5-6H2,1H3. The van der Waals surface area contributed by atoms with Gasteiger partial charge in [0.1, 0.15) is 12.6 Å². The number of hydrogen-bond donors (Lipinski definition) is 0. The average molecular weight is 184 g/mol. The Morgan fingerprint density at radius 3 is 3.23 bits per heavy atom. The summed E-state index contributed by atoms with van der Waals surface area (Å²) in [5, 5.41) is 8.71. The molecule has 1 rings (SSSR count). The zero-order valence-electron chi connectivity index (χ0n) is 7.52. The molecule has 5 heteroatoms. The third-order valence-electron chi connectivity index (χ3n) is 1.88. The lowest BCUT2D eigenvalue weighted by atomic mass is 10.2. The first kappa shape index (κ1) is 9.96. The Morgan fingerprint density at radius 1 is 1.85 bits per heavy atom. The number of carbonyl (C=O) groups is 1. The zero-order chi connectivity index (χ0) is 9.68. The van der Waals surface area contributed by atoms with E-state index in [1.807, 2.05) is 6.07 Å². The number of rotatable bonds is 3. The van der Waals surface area contributed by atoms with Crippen LogP contribution in [0.25, 0.3) is 0 Å². The normalized spacial score (nSPS) is 22.9. The van der Waals surface area contributed by atoms with Gasteiger partial charge in [-0.05, 0) is 0 Å². The summed E-state index contributed by atoms with van der Waals surface area (Å²) in [5.41, 5.74) is 0. The number of nitrogens with zero attached hydrogens (tertiary/aromatic N) is 2. The SMILES string of the molecule is COCCN1C(=O)COCC1C#N. The average Bonchev–Trinajstić information content (AvgIpc) is 2.15. The molecule has 0 aliphatic carbocycles. The van der Waals surface area contributed by atoms with E-state index in [1.165, 1.54) is 4.90 Å². The molecule has 0 aromatic heterocycles. The molecule has 1 atom stereocenters. The Labute approximate surface area is 76.8 Å². The first-order valence-corrected chi connectivity index (χ1v) is 4.05. The van der Waals surface area contributed by atoms with Gasteiger partial charge in [-0.3, -0.25) is 4.79 Å². The second kappa shape index (κ2) is 4.80. The van der Waals surface area contributed by atoms with E-state index in [1.54, 1.807) is 7.11 Å². The maximum Gasteiger partial charge on any atom is 0.249 e. The quantitative estimate of drug-likeness (QED) is 0.586. The summed E-state index contributed by atoms with van der Waals surface area (Å²) in [5.74, 6) is -0.144. The summed E-state index contributed by atoms with van der Waals surface area (Å²) >= 11 is 0. The minimum Gasteiger partial charge on any atom is -0.383 e. The van der Waals surface area contributed by atoms with Crippen LogP contribution in [-0.2, 0) is 14.3 Å². The summed E-state index contributed by atoms with van der Waals surface area (Å²) in [6, 6.07) is 1.56. The molecule has 0 N–H and O–H groups in total. The van der Waals surface area contributed by atoms with E-state index >= 15 is 0 Å². The van der Waals surface area contributed by atoms with Crippen LogP contribution in [0.15, 0.2) is 0 Å². The van der Waals surface area contributed by atoms with Crippen molar-refractivity contribution in [2.24, 2.45) is 0 Å².